The van der Waals surface area contributed by atoms with Gasteiger partial charge in [0.1, 0.15) is 5.75 Å². The first-order chi connectivity index (χ1) is 9.52. The molecule has 6 heteroatoms. The van der Waals surface area contributed by atoms with Crippen LogP contribution in [0.4, 0.5) is 8.78 Å². The topological polar surface area (TPSA) is 41.6 Å². The molecule has 0 aliphatic carbocycles. The number of carbonyl (C=O) groups is 1. The molecule has 1 aromatic rings. The molecule has 0 heterocycles. The van der Waals surface area contributed by atoms with Crippen molar-refractivity contribution in [1.29, 1.82) is 0 Å². The third-order valence-corrected chi connectivity index (χ3v) is 2.70. The number of hydrogen-bond acceptors (Lipinski definition) is 3. The Morgan fingerprint density at radius 2 is 2.00 bits per heavy atom. The van der Waals surface area contributed by atoms with Gasteiger partial charge in [-0.05, 0) is 30.7 Å². The Labute approximate surface area is 117 Å². The third kappa shape index (κ3) is 5.97. The van der Waals surface area contributed by atoms with Gasteiger partial charge >= 0.3 is 6.61 Å². The van der Waals surface area contributed by atoms with E-state index in [1.54, 1.807) is 24.1 Å². The van der Waals surface area contributed by atoms with Crippen molar-refractivity contribution in [2.45, 2.75) is 26.5 Å². The summed E-state index contributed by atoms with van der Waals surface area (Å²) >= 11 is 0. The van der Waals surface area contributed by atoms with Crippen molar-refractivity contribution in [2.24, 2.45) is 0 Å². The molecule has 0 bridgehead atoms. The molecule has 0 aliphatic rings. The molecule has 112 valence electrons. The van der Waals surface area contributed by atoms with E-state index in [1.165, 1.54) is 12.1 Å². The molecule has 1 N–H and O–H groups in total. The van der Waals surface area contributed by atoms with Crippen LogP contribution >= 0.6 is 0 Å². The monoisotopic (exact) mass is 286 g/mol. The van der Waals surface area contributed by atoms with Crippen LogP contribution in [0.15, 0.2) is 24.3 Å². The van der Waals surface area contributed by atoms with Crippen LogP contribution in [-0.2, 0) is 11.3 Å². The van der Waals surface area contributed by atoms with Crippen LogP contribution in [0, 0.1) is 0 Å². The number of carbonyl (C=O) groups excluding carboxylic acids is 1. The fraction of sp³-hybridized carbons (Fsp3) is 0.500. The van der Waals surface area contributed by atoms with E-state index in [0.29, 0.717) is 13.1 Å². The van der Waals surface area contributed by atoms with Gasteiger partial charge in [0.05, 0.1) is 6.54 Å². The van der Waals surface area contributed by atoms with Gasteiger partial charge in [-0.25, -0.2) is 0 Å². The molecule has 4 nitrogen and oxygen atoms in total. The van der Waals surface area contributed by atoms with Gasteiger partial charge in [-0.1, -0.05) is 19.1 Å². The SMILES string of the molecule is CCCNCC(=O)N(C)Cc1ccc(OC(F)F)cc1. The number of halogens is 2. The molecule has 0 unspecified atom stereocenters. The molecule has 0 aliphatic heterocycles. The summed E-state index contributed by atoms with van der Waals surface area (Å²) in [6.07, 6.45) is 0.975. The van der Waals surface area contributed by atoms with E-state index in [1.807, 2.05) is 6.92 Å². The molecule has 0 aromatic heterocycles. The second-order valence-corrected chi connectivity index (χ2v) is 4.45. The highest BCUT2D eigenvalue weighted by Crippen LogP contribution is 2.15. The van der Waals surface area contributed by atoms with Crippen molar-refractivity contribution in [3.63, 3.8) is 0 Å². The van der Waals surface area contributed by atoms with Gasteiger partial charge in [0.2, 0.25) is 5.91 Å². The normalized spacial score (nSPS) is 10.7. The molecule has 0 saturated heterocycles. The highest BCUT2D eigenvalue weighted by Gasteiger charge is 2.09. The van der Waals surface area contributed by atoms with Gasteiger partial charge in [-0.2, -0.15) is 8.78 Å². The van der Waals surface area contributed by atoms with Crippen molar-refractivity contribution in [3.8, 4) is 5.75 Å². The number of amides is 1. The van der Waals surface area contributed by atoms with Gasteiger partial charge < -0.3 is 15.0 Å². The maximum Gasteiger partial charge on any atom is 0.387 e. The lowest BCUT2D eigenvalue weighted by molar-refractivity contribution is -0.129. The fourth-order valence-corrected chi connectivity index (χ4v) is 1.65. The van der Waals surface area contributed by atoms with Crippen LogP contribution < -0.4 is 10.1 Å². The maximum absolute atomic E-state index is 12.0. The summed E-state index contributed by atoms with van der Waals surface area (Å²) in [5.74, 6) is 0.105. The second kappa shape index (κ2) is 8.47. The minimum Gasteiger partial charge on any atom is -0.435 e. The number of nitrogens with one attached hydrogen (secondary N) is 1. The number of rotatable bonds is 8. The molecule has 0 atom stereocenters. The van der Waals surface area contributed by atoms with Crippen LogP contribution in [0.5, 0.6) is 5.75 Å². The molecule has 1 aromatic carbocycles. The summed E-state index contributed by atoms with van der Waals surface area (Å²) in [6, 6.07) is 6.27. The zero-order valence-corrected chi connectivity index (χ0v) is 11.7. The first kappa shape index (κ1) is 16.4. The average molecular weight is 286 g/mol. The Morgan fingerprint density at radius 3 is 2.55 bits per heavy atom. The summed E-state index contributed by atoms with van der Waals surface area (Å²) in [7, 11) is 1.71. The van der Waals surface area contributed by atoms with E-state index < -0.39 is 6.61 Å². The largest absolute Gasteiger partial charge is 0.435 e. The van der Waals surface area contributed by atoms with Crippen LogP contribution in [-0.4, -0.2) is 37.6 Å². The molecular formula is C14H20F2N2O2. The molecule has 0 fully saturated rings. The average Bonchev–Trinajstić information content (AvgIpc) is 2.40. The lowest BCUT2D eigenvalue weighted by atomic mass is 10.2. The van der Waals surface area contributed by atoms with E-state index in [9.17, 15) is 13.6 Å². The Balaban J connectivity index is 2.45. The van der Waals surface area contributed by atoms with E-state index in [-0.39, 0.29) is 11.7 Å². The van der Waals surface area contributed by atoms with Crippen molar-refractivity contribution in [2.75, 3.05) is 20.1 Å². The predicted octanol–water partition coefficient (Wildman–Crippen LogP) is 2.25. The van der Waals surface area contributed by atoms with Crippen molar-refractivity contribution < 1.29 is 18.3 Å². The molecule has 1 amide bonds. The van der Waals surface area contributed by atoms with Gasteiger partial charge in [0.25, 0.3) is 0 Å². The maximum atomic E-state index is 12.0. The Kier molecular flexibility index (Phi) is 6.93. The Morgan fingerprint density at radius 1 is 1.35 bits per heavy atom. The van der Waals surface area contributed by atoms with E-state index in [4.69, 9.17) is 0 Å². The zero-order chi connectivity index (χ0) is 15.0. The summed E-state index contributed by atoms with van der Waals surface area (Å²) in [6.45, 7) is 0.747. The number of benzene rings is 1. The van der Waals surface area contributed by atoms with Crippen LogP contribution in [0.2, 0.25) is 0 Å². The standard InChI is InChI=1S/C14H20F2N2O2/c1-3-8-17-9-13(19)18(2)10-11-4-6-12(7-5-11)20-14(15)16/h4-7,14,17H,3,8-10H2,1-2H3. The smallest absolute Gasteiger partial charge is 0.387 e. The molecule has 0 spiro atoms. The summed E-state index contributed by atoms with van der Waals surface area (Å²) in [5.41, 5.74) is 0.859. The summed E-state index contributed by atoms with van der Waals surface area (Å²) in [4.78, 5) is 13.4. The van der Waals surface area contributed by atoms with Gasteiger partial charge in [-0.15, -0.1) is 0 Å². The molecule has 20 heavy (non-hydrogen) atoms. The van der Waals surface area contributed by atoms with Gasteiger partial charge in [-0.3, -0.25) is 4.79 Å². The molecule has 0 radical (unpaired) electrons. The Hall–Kier alpha value is -1.69. The summed E-state index contributed by atoms with van der Waals surface area (Å²) in [5, 5.41) is 3.04. The molecule has 1 rings (SSSR count). The Bertz CT molecular complexity index is 410. The number of nitrogens with zero attached hydrogens (tertiary/aromatic N) is 1. The third-order valence-electron chi connectivity index (χ3n) is 2.70. The predicted molar refractivity (Wildman–Crippen MR) is 72.7 cm³/mol. The number of alkyl halides is 2. The minimum atomic E-state index is -2.82. The molecular weight excluding hydrogens is 266 g/mol. The van der Waals surface area contributed by atoms with Crippen molar-refractivity contribution in [1.82, 2.24) is 10.2 Å². The van der Waals surface area contributed by atoms with Gasteiger partial charge in [0, 0.05) is 13.6 Å². The lowest BCUT2D eigenvalue weighted by Crippen LogP contribution is -2.35. The zero-order valence-electron chi connectivity index (χ0n) is 11.7. The van der Waals surface area contributed by atoms with E-state index in [0.717, 1.165) is 18.5 Å². The lowest BCUT2D eigenvalue weighted by Gasteiger charge is -2.17. The first-order valence-electron chi connectivity index (χ1n) is 6.51. The fourth-order valence-electron chi connectivity index (χ4n) is 1.65. The highest BCUT2D eigenvalue weighted by molar-refractivity contribution is 5.77. The summed E-state index contributed by atoms with van der Waals surface area (Å²) < 4.78 is 28.3. The quantitative estimate of drug-likeness (QED) is 0.745. The van der Waals surface area contributed by atoms with Crippen LogP contribution in [0.1, 0.15) is 18.9 Å². The number of hydrogen-bond donors (Lipinski definition) is 1. The second-order valence-electron chi connectivity index (χ2n) is 4.45. The number of likely N-dealkylation sites (N-methyl/N-ethyl adjacent to an activating group) is 1. The number of ether oxygens (including phenoxy) is 1. The van der Waals surface area contributed by atoms with Crippen LogP contribution in [0.25, 0.3) is 0 Å². The highest BCUT2D eigenvalue weighted by atomic mass is 19.3. The van der Waals surface area contributed by atoms with E-state index in [2.05, 4.69) is 10.1 Å². The molecule has 0 saturated carbocycles. The van der Waals surface area contributed by atoms with Crippen molar-refractivity contribution in [3.05, 3.63) is 29.8 Å². The van der Waals surface area contributed by atoms with E-state index >= 15 is 0 Å². The van der Waals surface area contributed by atoms with Gasteiger partial charge in [0.15, 0.2) is 0 Å². The first-order valence-corrected chi connectivity index (χ1v) is 6.51. The van der Waals surface area contributed by atoms with Crippen LogP contribution in [0.3, 0.4) is 0 Å². The van der Waals surface area contributed by atoms with Crippen molar-refractivity contribution >= 4 is 5.91 Å². The minimum absolute atomic E-state index is 0.00800.